The first-order valence-corrected chi connectivity index (χ1v) is 19.9. The second-order valence-corrected chi connectivity index (χ2v) is 18.4. The molecule has 7 atom stereocenters. The van der Waals surface area contributed by atoms with Gasteiger partial charge < -0.3 is 4.90 Å². The fourth-order valence-corrected chi connectivity index (χ4v) is 10.9. The van der Waals surface area contributed by atoms with Gasteiger partial charge in [0.15, 0.2) is 0 Å². The summed E-state index contributed by atoms with van der Waals surface area (Å²) < 4.78 is 0.544. The average molecular weight is 749 g/mol. The first kappa shape index (κ1) is 32.6. The second kappa shape index (κ2) is 12.6. The molecule has 3 heteroatoms. The van der Waals surface area contributed by atoms with Crippen LogP contribution in [0.25, 0.3) is 11.3 Å². The van der Waals surface area contributed by atoms with Crippen LogP contribution in [0.5, 0.6) is 0 Å². The molecule has 7 unspecified atom stereocenters. The third kappa shape index (κ3) is 5.75. The molecule has 2 aromatic rings. The maximum absolute atomic E-state index is 2.96. The molecule has 6 aliphatic rings. The highest BCUT2D eigenvalue weighted by molar-refractivity contribution is 14.1. The SMILES string of the molecule is C/C(=C1\c2ccc(C3C=CC=CC3)cc2C2CCC(c3ccccc3)=CN12)C1(C)CC2CCC=CC2C2C=C(CC(C)(C)C)C(I)CN21. The molecule has 48 heavy (non-hydrogen) atoms. The summed E-state index contributed by atoms with van der Waals surface area (Å²) in [4.78, 5) is 5.69. The molecule has 0 spiro atoms. The molecule has 0 radical (unpaired) electrons. The van der Waals surface area contributed by atoms with Gasteiger partial charge in [0, 0.05) is 45.4 Å². The summed E-state index contributed by atoms with van der Waals surface area (Å²) >= 11 is 2.77. The minimum Gasteiger partial charge on any atom is -0.340 e. The fourth-order valence-electron chi connectivity index (χ4n) is 10.1. The zero-order chi connectivity index (χ0) is 33.2. The van der Waals surface area contributed by atoms with Crippen LogP contribution in [0.2, 0.25) is 0 Å². The van der Waals surface area contributed by atoms with Crippen LogP contribution in [0.4, 0.5) is 0 Å². The number of alkyl halides is 1. The Labute approximate surface area is 303 Å². The van der Waals surface area contributed by atoms with Gasteiger partial charge in [-0.3, -0.25) is 4.90 Å². The summed E-state index contributed by atoms with van der Waals surface area (Å²) in [5.74, 6) is 1.81. The normalized spacial score (nSPS) is 33.8. The summed E-state index contributed by atoms with van der Waals surface area (Å²) in [5, 5.41) is 0. The smallest absolute Gasteiger partial charge is 0.0596 e. The molecule has 0 aromatic heterocycles. The van der Waals surface area contributed by atoms with E-state index in [0.717, 1.165) is 31.7 Å². The number of halogens is 1. The number of allylic oxidation sites excluding steroid dienone is 6. The van der Waals surface area contributed by atoms with Crippen molar-refractivity contribution in [3.05, 3.63) is 131 Å². The van der Waals surface area contributed by atoms with Crippen molar-refractivity contribution in [3.8, 4) is 0 Å². The zero-order valence-corrected chi connectivity index (χ0v) is 31.8. The molecule has 2 aromatic carbocycles. The lowest BCUT2D eigenvalue weighted by Gasteiger charge is -2.59. The lowest BCUT2D eigenvalue weighted by atomic mass is 9.64. The van der Waals surface area contributed by atoms with Gasteiger partial charge in [0.1, 0.15) is 0 Å². The van der Waals surface area contributed by atoms with E-state index in [4.69, 9.17) is 0 Å². The van der Waals surface area contributed by atoms with Crippen LogP contribution in [0.15, 0.2) is 108 Å². The Kier molecular flexibility index (Phi) is 8.55. The van der Waals surface area contributed by atoms with E-state index in [1.165, 1.54) is 53.6 Å². The van der Waals surface area contributed by atoms with Crippen LogP contribution in [-0.4, -0.2) is 31.8 Å². The van der Waals surface area contributed by atoms with Gasteiger partial charge in [0.25, 0.3) is 0 Å². The Balaban J connectivity index is 1.27. The van der Waals surface area contributed by atoms with Crippen LogP contribution in [0.1, 0.15) is 114 Å². The number of nitrogens with zero attached hydrogens (tertiary/aromatic N) is 2. The van der Waals surface area contributed by atoms with Crippen LogP contribution >= 0.6 is 22.6 Å². The summed E-state index contributed by atoms with van der Waals surface area (Å²) in [7, 11) is 0. The summed E-state index contributed by atoms with van der Waals surface area (Å²) in [6, 6.07) is 19.5. The van der Waals surface area contributed by atoms with E-state index in [9.17, 15) is 0 Å². The third-order valence-corrected chi connectivity index (χ3v) is 13.7. The number of benzene rings is 2. The molecule has 4 heterocycles. The van der Waals surface area contributed by atoms with Crippen molar-refractivity contribution in [3.63, 3.8) is 0 Å². The maximum Gasteiger partial charge on any atom is 0.0596 e. The highest BCUT2D eigenvalue weighted by atomic mass is 127. The third-order valence-electron chi connectivity index (χ3n) is 12.5. The van der Waals surface area contributed by atoms with Gasteiger partial charge >= 0.3 is 0 Å². The number of rotatable bonds is 4. The van der Waals surface area contributed by atoms with Gasteiger partial charge in [-0.05, 0) is 104 Å². The first-order valence-electron chi connectivity index (χ1n) is 18.6. The number of hydrogen-bond donors (Lipinski definition) is 0. The van der Waals surface area contributed by atoms with E-state index in [2.05, 4.69) is 164 Å². The van der Waals surface area contributed by atoms with E-state index in [1.807, 2.05) is 0 Å². The quantitative estimate of drug-likeness (QED) is 0.175. The average Bonchev–Trinajstić information content (AvgIpc) is 3.41. The Bertz CT molecular complexity index is 1750. The van der Waals surface area contributed by atoms with Crippen molar-refractivity contribution in [1.29, 1.82) is 0 Å². The molecule has 8 rings (SSSR count). The maximum atomic E-state index is 2.96. The van der Waals surface area contributed by atoms with Gasteiger partial charge in [0.05, 0.1) is 6.04 Å². The van der Waals surface area contributed by atoms with Gasteiger partial charge in [-0.1, -0.05) is 140 Å². The summed E-state index contributed by atoms with van der Waals surface area (Å²) in [6.07, 6.45) is 27.8. The molecule has 0 saturated carbocycles. The van der Waals surface area contributed by atoms with Gasteiger partial charge in [-0.2, -0.15) is 0 Å². The van der Waals surface area contributed by atoms with Gasteiger partial charge in [-0.25, -0.2) is 0 Å². The highest BCUT2D eigenvalue weighted by Gasteiger charge is 2.52. The van der Waals surface area contributed by atoms with Crippen LogP contribution in [0, 0.1) is 17.3 Å². The van der Waals surface area contributed by atoms with E-state index >= 15 is 0 Å². The van der Waals surface area contributed by atoms with Crippen molar-refractivity contribution < 1.29 is 0 Å². The van der Waals surface area contributed by atoms with Crippen LogP contribution < -0.4 is 0 Å². The molecule has 4 aliphatic heterocycles. The van der Waals surface area contributed by atoms with E-state index < -0.39 is 0 Å². The number of fused-ring (bicyclic) bond motifs is 6. The molecule has 2 aliphatic carbocycles. The summed E-state index contributed by atoms with van der Waals surface area (Å²) in [6.45, 7) is 13.5. The predicted molar refractivity (Wildman–Crippen MR) is 212 cm³/mol. The fraction of sp³-hybridized carbons (Fsp3) is 0.467. The van der Waals surface area contributed by atoms with Crippen molar-refractivity contribution >= 4 is 33.9 Å². The molecular weight excluding hydrogens is 695 g/mol. The van der Waals surface area contributed by atoms with Crippen molar-refractivity contribution in [2.75, 3.05) is 6.54 Å². The standard InChI is InChI=1S/C45H53IN2/c1-30(45(5)27-34-18-12-13-19-37(34)42-25-36(26-44(2,3)4)40(46)29-48(42)45)43-38-22-20-33(31-14-8-6-9-15-31)24-39(38)41-23-21-35(28-47(41)43)32-16-10-7-11-17-32/h6-11,13-14,16-17,19-20,22,24-25,28,31,34,37,40-42H,12,15,18,21,23,26-27,29H2,1-5H3/b43-30-. The molecule has 250 valence electrons. The van der Waals surface area contributed by atoms with Gasteiger partial charge in [0.2, 0.25) is 0 Å². The molecule has 0 amide bonds. The van der Waals surface area contributed by atoms with Crippen molar-refractivity contribution in [2.45, 2.75) is 107 Å². The van der Waals surface area contributed by atoms with E-state index in [-0.39, 0.29) is 5.54 Å². The largest absolute Gasteiger partial charge is 0.340 e. The van der Waals surface area contributed by atoms with Crippen molar-refractivity contribution in [1.82, 2.24) is 9.80 Å². The number of piperidine rings is 1. The van der Waals surface area contributed by atoms with E-state index in [0.29, 0.717) is 33.3 Å². The lowest BCUT2D eigenvalue weighted by molar-refractivity contribution is -0.00795. The monoisotopic (exact) mass is 748 g/mol. The molecule has 1 fully saturated rings. The Morgan fingerprint density at radius 3 is 2.60 bits per heavy atom. The molecule has 0 N–H and O–H groups in total. The minimum absolute atomic E-state index is 0.0144. The number of hydrogen-bond acceptors (Lipinski definition) is 2. The highest BCUT2D eigenvalue weighted by Crippen LogP contribution is 2.56. The Morgan fingerprint density at radius 2 is 1.83 bits per heavy atom. The zero-order valence-electron chi connectivity index (χ0n) is 29.6. The van der Waals surface area contributed by atoms with Crippen LogP contribution in [0.3, 0.4) is 0 Å². The Hall–Kier alpha value is -2.63. The topological polar surface area (TPSA) is 6.48 Å². The molecule has 0 bridgehead atoms. The lowest BCUT2D eigenvalue weighted by Crippen LogP contribution is -2.63. The second-order valence-electron chi connectivity index (χ2n) is 16.9. The summed E-state index contributed by atoms with van der Waals surface area (Å²) in [5.41, 5.74) is 12.3. The van der Waals surface area contributed by atoms with Crippen LogP contribution in [-0.2, 0) is 0 Å². The molecular formula is C45H53IN2. The predicted octanol–water partition coefficient (Wildman–Crippen LogP) is 11.8. The van der Waals surface area contributed by atoms with E-state index in [1.54, 1.807) is 16.7 Å². The molecule has 2 nitrogen and oxygen atoms in total. The first-order chi connectivity index (χ1) is 23.1. The Morgan fingerprint density at radius 1 is 1.00 bits per heavy atom. The van der Waals surface area contributed by atoms with Crippen molar-refractivity contribution in [2.24, 2.45) is 17.3 Å². The molecule has 1 saturated heterocycles. The minimum atomic E-state index is -0.0144. The van der Waals surface area contributed by atoms with Gasteiger partial charge in [-0.15, -0.1) is 0 Å².